The summed E-state index contributed by atoms with van der Waals surface area (Å²) in [7, 11) is 0. The number of nitrogens with one attached hydrogen (secondary N) is 2. The summed E-state index contributed by atoms with van der Waals surface area (Å²) in [5.41, 5.74) is 0. The van der Waals surface area contributed by atoms with Gasteiger partial charge in [0.1, 0.15) is 12.2 Å². The molecule has 3 fully saturated rings. The highest BCUT2D eigenvalue weighted by atomic mass is 16.5. The molecule has 28 heavy (non-hydrogen) atoms. The smallest absolute Gasteiger partial charge is 0.249 e. The Morgan fingerprint density at radius 1 is 0.750 bits per heavy atom. The lowest BCUT2D eigenvalue weighted by atomic mass is 10.2. The second-order valence-corrected chi connectivity index (χ2v) is 7.98. The third-order valence-corrected chi connectivity index (χ3v) is 5.81. The molecule has 2 atom stereocenters. The molecule has 2 N–H and O–H groups in total. The summed E-state index contributed by atoms with van der Waals surface area (Å²) in [5.74, 6) is 0.0998. The number of rotatable bonds is 10. The molecule has 2 amide bonds. The summed E-state index contributed by atoms with van der Waals surface area (Å²) in [6.07, 6.45) is 5.20. The fourth-order valence-electron chi connectivity index (χ4n) is 4.06. The summed E-state index contributed by atoms with van der Waals surface area (Å²) in [4.78, 5) is 28.7. The van der Waals surface area contributed by atoms with Crippen LogP contribution in [0.5, 0.6) is 0 Å². The molecule has 3 heterocycles. The van der Waals surface area contributed by atoms with Crippen molar-refractivity contribution in [1.82, 2.24) is 20.4 Å². The Bertz CT molecular complexity index is 441. The van der Waals surface area contributed by atoms with Crippen LogP contribution in [0.1, 0.15) is 38.5 Å². The van der Waals surface area contributed by atoms with E-state index in [4.69, 9.17) is 9.47 Å². The minimum atomic E-state index is -0.223. The quantitative estimate of drug-likeness (QED) is 0.505. The van der Waals surface area contributed by atoms with Crippen molar-refractivity contribution in [2.24, 2.45) is 0 Å². The van der Waals surface area contributed by atoms with Gasteiger partial charge in [0, 0.05) is 52.5 Å². The van der Waals surface area contributed by atoms with Gasteiger partial charge >= 0.3 is 0 Å². The van der Waals surface area contributed by atoms with Crippen molar-refractivity contribution in [3.05, 3.63) is 0 Å². The maximum absolute atomic E-state index is 11.9. The summed E-state index contributed by atoms with van der Waals surface area (Å²) in [6, 6.07) is 0. The number of nitrogens with zero attached hydrogens (tertiary/aromatic N) is 2. The van der Waals surface area contributed by atoms with Crippen LogP contribution < -0.4 is 10.6 Å². The fourth-order valence-corrected chi connectivity index (χ4v) is 4.06. The predicted octanol–water partition coefficient (Wildman–Crippen LogP) is -0.0254. The van der Waals surface area contributed by atoms with Crippen molar-refractivity contribution < 1.29 is 19.1 Å². The number of hydrogen-bond donors (Lipinski definition) is 2. The average Bonchev–Trinajstić information content (AvgIpc) is 3.43. The molecule has 0 radical (unpaired) electrons. The first-order valence-electron chi connectivity index (χ1n) is 11.0. The van der Waals surface area contributed by atoms with Crippen LogP contribution in [0, 0.1) is 0 Å². The summed E-state index contributed by atoms with van der Waals surface area (Å²) in [5, 5.41) is 5.98. The fraction of sp³-hybridized carbons (Fsp3) is 0.900. The molecular formula is C20H36N4O4. The zero-order chi connectivity index (χ0) is 19.6. The van der Waals surface area contributed by atoms with Crippen LogP contribution in [0.3, 0.4) is 0 Å². The van der Waals surface area contributed by atoms with Gasteiger partial charge in [0.05, 0.1) is 0 Å². The molecule has 0 bridgehead atoms. The Morgan fingerprint density at radius 3 is 1.54 bits per heavy atom. The van der Waals surface area contributed by atoms with Crippen molar-refractivity contribution in [2.45, 2.75) is 50.7 Å². The molecule has 3 aliphatic heterocycles. The van der Waals surface area contributed by atoms with Crippen LogP contribution >= 0.6 is 0 Å². The summed E-state index contributed by atoms with van der Waals surface area (Å²) in [6.45, 7) is 9.21. The lowest BCUT2D eigenvalue weighted by molar-refractivity contribution is -0.130. The van der Waals surface area contributed by atoms with Gasteiger partial charge in [0.15, 0.2) is 0 Å². The highest BCUT2D eigenvalue weighted by Gasteiger charge is 2.24. The van der Waals surface area contributed by atoms with Crippen molar-refractivity contribution in [3.63, 3.8) is 0 Å². The molecule has 160 valence electrons. The highest BCUT2D eigenvalue weighted by molar-refractivity contribution is 5.81. The number of ether oxygens (including phenoxy) is 2. The first-order valence-corrected chi connectivity index (χ1v) is 11.0. The second-order valence-electron chi connectivity index (χ2n) is 7.98. The maximum Gasteiger partial charge on any atom is 0.249 e. The monoisotopic (exact) mass is 396 g/mol. The van der Waals surface area contributed by atoms with Crippen LogP contribution in [-0.2, 0) is 19.1 Å². The van der Waals surface area contributed by atoms with Crippen molar-refractivity contribution in [3.8, 4) is 0 Å². The molecule has 0 aromatic heterocycles. The lowest BCUT2D eigenvalue weighted by Crippen LogP contribution is -2.47. The Morgan fingerprint density at radius 2 is 1.18 bits per heavy atom. The minimum absolute atomic E-state index is 0.0499. The third kappa shape index (κ3) is 6.99. The molecular weight excluding hydrogens is 360 g/mol. The molecule has 0 spiro atoms. The molecule has 0 aromatic rings. The van der Waals surface area contributed by atoms with E-state index in [0.29, 0.717) is 13.2 Å². The van der Waals surface area contributed by atoms with Gasteiger partial charge in [-0.05, 0) is 51.6 Å². The topological polar surface area (TPSA) is 83.1 Å². The highest BCUT2D eigenvalue weighted by Crippen LogP contribution is 2.12. The molecule has 8 heteroatoms. The van der Waals surface area contributed by atoms with E-state index in [0.717, 1.165) is 90.9 Å². The van der Waals surface area contributed by atoms with Gasteiger partial charge in [0.2, 0.25) is 11.8 Å². The van der Waals surface area contributed by atoms with Gasteiger partial charge in [-0.3, -0.25) is 9.59 Å². The number of carbonyl (C=O) groups is 2. The van der Waals surface area contributed by atoms with E-state index in [9.17, 15) is 9.59 Å². The third-order valence-electron chi connectivity index (χ3n) is 5.81. The van der Waals surface area contributed by atoms with Gasteiger partial charge in [0.25, 0.3) is 0 Å². The van der Waals surface area contributed by atoms with Gasteiger partial charge in [-0.1, -0.05) is 0 Å². The normalized spacial score (nSPS) is 26.4. The maximum atomic E-state index is 11.9. The number of carbonyl (C=O) groups excluding carboxylic acids is 2. The van der Waals surface area contributed by atoms with Crippen LogP contribution in [0.4, 0.5) is 0 Å². The Labute approximate surface area is 168 Å². The van der Waals surface area contributed by atoms with Gasteiger partial charge in [-0.2, -0.15) is 0 Å². The Kier molecular flexibility index (Phi) is 8.98. The van der Waals surface area contributed by atoms with E-state index in [1.807, 2.05) is 0 Å². The van der Waals surface area contributed by atoms with E-state index in [2.05, 4.69) is 20.4 Å². The van der Waals surface area contributed by atoms with E-state index >= 15 is 0 Å². The predicted molar refractivity (Wildman–Crippen MR) is 106 cm³/mol. The number of amides is 2. The molecule has 3 aliphatic rings. The zero-order valence-electron chi connectivity index (χ0n) is 17.0. The van der Waals surface area contributed by atoms with E-state index in [1.54, 1.807) is 0 Å². The van der Waals surface area contributed by atoms with Crippen molar-refractivity contribution in [2.75, 3.05) is 65.6 Å². The van der Waals surface area contributed by atoms with Crippen molar-refractivity contribution >= 4 is 11.8 Å². The number of hydrogen-bond acceptors (Lipinski definition) is 6. The van der Waals surface area contributed by atoms with E-state index < -0.39 is 0 Å². The largest absolute Gasteiger partial charge is 0.368 e. The standard InChI is InChI=1S/C20H36N4O4/c25-19(17-5-1-15-27-17)21-7-3-9-23-11-13-24(14-12-23)10-4-8-22-20(26)18-6-2-16-28-18/h17-18H,1-16H2,(H,21,25)(H,22,26). The number of piperazine rings is 1. The van der Waals surface area contributed by atoms with Crippen LogP contribution in [-0.4, -0.2) is 99.4 Å². The minimum Gasteiger partial charge on any atom is -0.368 e. The lowest BCUT2D eigenvalue weighted by Gasteiger charge is -2.34. The Balaban J connectivity index is 1.16. The SMILES string of the molecule is O=C(NCCCN1CCN(CCCNC(=O)C2CCCO2)CC1)C1CCCO1. The summed E-state index contributed by atoms with van der Waals surface area (Å²) >= 11 is 0. The molecule has 0 aliphatic carbocycles. The van der Waals surface area contributed by atoms with Crippen molar-refractivity contribution in [1.29, 1.82) is 0 Å². The molecule has 2 unspecified atom stereocenters. The molecule has 8 nitrogen and oxygen atoms in total. The van der Waals surface area contributed by atoms with E-state index in [-0.39, 0.29) is 24.0 Å². The zero-order valence-corrected chi connectivity index (χ0v) is 17.0. The second kappa shape index (κ2) is 11.7. The summed E-state index contributed by atoms with van der Waals surface area (Å²) < 4.78 is 10.8. The molecule has 0 aromatic carbocycles. The first-order chi connectivity index (χ1) is 13.7. The first kappa shape index (κ1) is 21.5. The van der Waals surface area contributed by atoms with E-state index in [1.165, 1.54) is 0 Å². The molecule has 3 rings (SSSR count). The molecule has 0 saturated carbocycles. The Hall–Kier alpha value is -1.22. The average molecular weight is 397 g/mol. The van der Waals surface area contributed by atoms with Gasteiger partial charge in [-0.25, -0.2) is 0 Å². The van der Waals surface area contributed by atoms with Crippen LogP contribution in [0.25, 0.3) is 0 Å². The van der Waals surface area contributed by atoms with Gasteiger partial charge < -0.3 is 29.9 Å². The van der Waals surface area contributed by atoms with Gasteiger partial charge in [-0.15, -0.1) is 0 Å². The van der Waals surface area contributed by atoms with Crippen LogP contribution in [0.2, 0.25) is 0 Å². The van der Waals surface area contributed by atoms with Crippen LogP contribution in [0.15, 0.2) is 0 Å². The molecule has 3 saturated heterocycles.